The maximum Gasteiger partial charge on any atom is 0.407 e. The van der Waals surface area contributed by atoms with Crippen molar-refractivity contribution < 1.29 is 14.4 Å². The fourth-order valence-corrected chi connectivity index (χ4v) is 1.51. The maximum absolute atomic E-state index is 11.3. The number of hydrogen-bond donors (Lipinski definition) is 2. The summed E-state index contributed by atoms with van der Waals surface area (Å²) < 4.78 is 5.11. The summed E-state index contributed by atoms with van der Waals surface area (Å²) in [7, 11) is 0. The molecule has 3 N–H and O–H groups in total. The lowest BCUT2D eigenvalue weighted by atomic mass is 10.1. The van der Waals surface area contributed by atoms with Crippen molar-refractivity contribution in [1.82, 2.24) is 5.32 Å². The van der Waals surface area contributed by atoms with Gasteiger partial charge in [-0.1, -0.05) is 0 Å². The van der Waals surface area contributed by atoms with E-state index in [0.717, 1.165) is 6.42 Å². The van der Waals surface area contributed by atoms with E-state index in [4.69, 9.17) is 15.5 Å². The molecule has 0 saturated heterocycles. The lowest BCUT2D eigenvalue weighted by Gasteiger charge is -2.20. The van der Waals surface area contributed by atoms with Gasteiger partial charge in [0.15, 0.2) is 0 Å². The summed E-state index contributed by atoms with van der Waals surface area (Å²) in [6.07, 6.45) is 2.76. The predicted molar refractivity (Wildman–Crippen MR) is 60.6 cm³/mol. The third-order valence-corrected chi connectivity index (χ3v) is 2.42. The molecule has 1 unspecified atom stereocenters. The van der Waals surface area contributed by atoms with E-state index in [1.165, 1.54) is 12.8 Å². The molecule has 0 bridgehead atoms. The molecule has 1 aliphatic rings. The molecule has 1 saturated carbocycles. The molecule has 0 radical (unpaired) electrons. The number of ether oxygens (including phenoxy) is 1. The molecule has 1 rings (SSSR count). The van der Waals surface area contributed by atoms with Gasteiger partial charge in [-0.05, 0) is 46.0 Å². The van der Waals surface area contributed by atoms with Gasteiger partial charge in [0.05, 0.1) is 6.10 Å². The Labute approximate surface area is 96.6 Å². The van der Waals surface area contributed by atoms with Gasteiger partial charge in [-0.15, -0.1) is 0 Å². The highest BCUT2D eigenvalue weighted by atomic mass is 16.6. The van der Waals surface area contributed by atoms with Crippen molar-refractivity contribution in [3.63, 3.8) is 0 Å². The lowest BCUT2D eigenvalue weighted by Crippen LogP contribution is -2.35. The summed E-state index contributed by atoms with van der Waals surface area (Å²) in [6, 6.07) is 0. The van der Waals surface area contributed by atoms with Crippen LogP contribution in [-0.2, 0) is 9.57 Å². The number of nitrogens with two attached hydrogens (primary N) is 1. The van der Waals surface area contributed by atoms with E-state index in [-0.39, 0.29) is 12.2 Å². The fourth-order valence-electron chi connectivity index (χ4n) is 1.51. The summed E-state index contributed by atoms with van der Waals surface area (Å²) in [5, 5.41) is 2.69. The van der Waals surface area contributed by atoms with Crippen LogP contribution in [0.3, 0.4) is 0 Å². The monoisotopic (exact) mass is 230 g/mol. The van der Waals surface area contributed by atoms with Crippen LogP contribution in [0.25, 0.3) is 0 Å². The summed E-state index contributed by atoms with van der Waals surface area (Å²) >= 11 is 0. The summed E-state index contributed by atoms with van der Waals surface area (Å²) in [6.45, 7) is 6.04. The fraction of sp³-hybridized carbons (Fsp3) is 0.909. The lowest BCUT2D eigenvalue weighted by molar-refractivity contribution is 0.0289. The van der Waals surface area contributed by atoms with Gasteiger partial charge in [-0.25, -0.2) is 10.7 Å². The van der Waals surface area contributed by atoms with Gasteiger partial charge in [-0.3, -0.25) is 0 Å². The van der Waals surface area contributed by atoms with E-state index in [2.05, 4.69) is 5.32 Å². The molecule has 1 fully saturated rings. The molecule has 16 heavy (non-hydrogen) atoms. The Hall–Kier alpha value is -0.810. The topological polar surface area (TPSA) is 73.6 Å². The minimum Gasteiger partial charge on any atom is -0.444 e. The van der Waals surface area contributed by atoms with Gasteiger partial charge in [0.25, 0.3) is 0 Å². The molecule has 0 aromatic rings. The van der Waals surface area contributed by atoms with Crippen molar-refractivity contribution in [2.24, 2.45) is 11.8 Å². The molecule has 0 heterocycles. The van der Waals surface area contributed by atoms with E-state index in [1.807, 2.05) is 20.8 Å². The average Bonchev–Trinajstić information content (AvgIpc) is 2.92. The molecule has 1 aliphatic carbocycles. The van der Waals surface area contributed by atoms with E-state index >= 15 is 0 Å². The van der Waals surface area contributed by atoms with Gasteiger partial charge < -0.3 is 14.9 Å². The Morgan fingerprint density at radius 1 is 1.50 bits per heavy atom. The highest BCUT2D eigenvalue weighted by molar-refractivity contribution is 5.67. The third-order valence-electron chi connectivity index (χ3n) is 2.42. The Kier molecular flexibility index (Phi) is 4.56. The second-order valence-corrected chi connectivity index (χ2v) is 5.23. The first-order valence-corrected chi connectivity index (χ1v) is 5.75. The molecule has 0 aromatic carbocycles. The largest absolute Gasteiger partial charge is 0.444 e. The summed E-state index contributed by atoms with van der Waals surface area (Å²) in [5.41, 5.74) is -0.454. The number of alkyl carbamates (subject to hydrolysis) is 1. The SMILES string of the molecule is CC(C)(C)OC(=O)NCCC(ON)C1CC1. The van der Waals surface area contributed by atoms with E-state index < -0.39 is 5.60 Å². The van der Waals surface area contributed by atoms with E-state index in [9.17, 15) is 4.79 Å². The van der Waals surface area contributed by atoms with E-state index in [1.54, 1.807) is 0 Å². The van der Waals surface area contributed by atoms with Crippen LogP contribution in [0, 0.1) is 5.92 Å². The number of nitrogens with one attached hydrogen (secondary N) is 1. The van der Waals surface area contributed by atoms with Crippen molar-refractivity contribution in [3.05, 3.63) is 0 Å². The summed E-state index contributed by atoms with van der Waals surface area (Å²) in [4.78, 5) is 16.2. The minimum absolute atomic E-state index is 0.0648. The Bertz CT molecular complexity index is 234. The van der Waals surface area contributed by atoms with Crippen LogP contribution >= 0.6 is 0 Å². The van der Waals surface area contributed by atoms with Crippen molar-refractivity contribution in [3.8, 4) is 0 Å². The minimum atomic E-state index is -0.454. The van der Waals surface area contributed by atoms with Crippen LogP contribution in [0.4, 0.5) is 4.79 Å². The molecule has 1 amide bonds. The van der Waals surface area contributed by atoms with Crippen molar-refractivity contribution >= 4 is 6.09 Å². The second kappa shape index (κ2) is 5.50. The zero-order valence-corrected chi connectivity index (χ0v) is 10.3. The molecule has 5 nitrogen and oxygen atoms in total. The van der Waals surface area contributed by atoms with Crippen LogP contribution < -0.4 is 11.2 Å². The van der Waals surface area contributed by atoms with Crippen molar-refractivity contribution in [1.29, 1.82) is 0 Å². The van der Waals surface area contributed by atoms with Gasteiger partial charge in [0, 0.05) is 6.54 Å². The van der Waals surface area contributed by atoms with Crippen LogP contribution in [0.1, 0.15) is 40.0 Å². The number of amides is 1. The quantitative estimate of drug-likeness (QED) is 0.703. The molecule has 1 atom stereocenters. The maximum atomic E-state index is 11.3. The number of carbonyl (C=O) groups is 1. The van der Waals surface area contributed by atoms with Crippen molar-refractivity contribution in [2.45, 2.75) is 51.7 Å². The van der Waals surface area contributed by atoms with E-state index in [0.29, 0.717) is 12.5 Å². The number of carbonyl (C=O) groups excluding carboxylic acids is 1. The van der Waals surface area contributed by atoms with Gasteiger partial charge in [0.2, 0.25) is 0 Å². The zero-order valence-electron chi connectivity index (χ0n) is 10.3. The predicted octanol–water partition coefficient (Wildman–Crippen LogP) is 1.57. The molecule has 0 aromatic heterocycles. The summed E-state index contributed by atoms with van der Waals surface area (Å²) in [5.74, 6) is 5.76. The molecule has 0 aliphatic heterocycles. The Morgan fingerprint density at radius 3 is 2.56 bits per heavy atom. The molecule has 5 heteroatoms. The Morgan fingerprint density at radius 2 is 2.12 bits per heavy atom. The van der Waals surface area contributed by atoms with Crippen LogP contribution in [-0.4, -0.2) is 24.3 Å². The van der Waals surface area contributed by atoms with Crippen LogP contribution in [0.15, 0.2) is 0 Å². The van der Waals surface area contributed by atoms with Gasteiger partial charge >= 0.3 is 6.09 Å². The highest BCUT2D eigenvalue weighted by Crippen LogP contribution is 2.34. The Balaban J connectivity index is 2.12. The highest BCUT2D eigenvalue weighted by Gasteiger charge is 2.31. The number of rotatable bonds is 5. The molecular weight excluding hydrogens is 208 g/mol. The van der Waals surface area contributed by atoms with Crippen LogP contribution in [0.2, 0.25) is 0 Å². The smallest absolute Gasteiger partial charge is 0.407 e. The van der Waals surface area contributed by atoms with Gasteiger partial charge in [-0.2, -0.15) is 0 Å². The molecule has 94 valence electrons. The first-order valence-electron chi connectivity index (χ1n) is 5.75. The van der Waals surface area contributed by atoms with Crippen LogP contribution in [0.5, 0.6) is 0 Å². The third kappa shape index (κ3) is 5.32. The molecular formula is C11H22N2O3. The van der Waals surface area contributed by atoms with Crippen molar-refractivity contribution in [2.75, 3.05) is 6.54 Å². The second-order valence-electron chi connectivity index (χ2n) is 5.23. The number of hydrogen-bond acceptors (Lipinski definition) is 4. The average molecular weight is 230 g/mol. The standard InChI is InChI=1S/C11H22N2O3/c1-11(2,3)15-10(14)13-7-6-9(16-12)8-4-5-8/h8-9H,4-7,12H2,1-3H3,(H,13,14). The normalized spacial score (nSPS) is 18.0. The first kappa shape index (κ1) is 13.3. The first-order chi connectivity index (χ1) is 7.42. The molecule has 0 spiro atoms. The zero-order chi connectivity index (χ0) is 12.2. The van der Waals surface area contributed by atoms with Gasteiger partial charge in [0.1, 0.15) is 5.60 Å².